The highest BCUT2D eigenvalue weighted by Crippen LogP contribution is 2.27. The monoisotopic (exact) mass is 387 g/mol. The number of hydrogen-bond donors (Lipinski definition) is 1. The number of rotatable bonds is 4. The summed E-state index contributed by atoms with van der Waals surface area (Å²) in [6.07, 6.45) is 0. The molecule has 3 nitrogen and oxygen atoms in total. The third-order valence-electron chi connectivity index (χ3n) is 3.17. The van der Waals surface area contributed by atoms with Gasteiger partial charge < -0.3 is 0 Å². The zero-order valence-corrected chi connectivity index (χ0v) is 15.5. The fraction of sp³-hybridized carbons (Fsp3) is 0.111. The minimum absolute atomic E-state index is 0. The van der Waals surface area contributed by atoms with Crippen LogP contribution in [0.15, 0.2) is 65.1 Å². The number of halogens is 1. The van der Waals surface area contributed by atoms with Crippen molar-refractivity contribution in [1.29, 1.82) is 0 Å². The van der Waals surface area contributed by atoms with E-state index < -0.39 is 0 Å². The molecular weight excluding hydrogens is 370 g/mol. The Morgan fingerprint density at radius 3 is 2.17 bits per heavy atom. The van der Waals surface area contributed by atoms with E-state index >= 15 is 0 Å². The second-order valence-electron chi connectivity index (χ2n) is 5.15. The molecule has 3 rings (SSSR count). The summed E-state index contributed by atoms with van der Waals surface area (Å²) in [5, 5.41) is 7.02. The Hall–Kier alpha value is -1.98. The van der Waals surface area contributed by atoms with Crippen molar-refractivity contribution in [3.8, 4) is 22.4 Å². The van der Waals surface area contributed by atoms with Gasteiger partial charge in [-0.3, -0.25) is 5.43 Å². The molecule has 0 fully saturated rings. The van der Waals surface area contributed by atoms with Crippen molar-refractivity contribution in [3.05, 3.63) is 60.0 Å². The van der Waals surface area contributed by atoms with E-state index in [4.69, 9.17) is 0 Å². The van der Waals surface area contributed by atoms with Gasteiger partial charge in [-0.05, 0) is 25.0 Å². The SMILES string of the molecule is Br.CC(C)=NNc1nc(-c2ccc(-c3ccccc3)cc2)cs1. The predicted octanol–water partition coefficient (Wildman–Crippen LogP) is 5.86. The largest absolute Gasteiger partial charge is 0.253 e. The van der Waals surface area contributed by atoms with E-state index in [1.54, 1.807) is 11.3 Å². The Morgan fingerprint density at radius 2 is 1.52 bits per heavy atom. The van der Waals surface area contributed by atoms with Crippen LogP contribution in [0.4, 0.5) is 5.13 Å². The second-order valence-corrected chi connectivity index (χ2v) is 6.01. The number of thiazole rings is 1. The number of hydrogen-bond acceptors (Lipinski definition) is 4. The minimum atomic E-state index is 0. The lowest BCUT2D eigenvalue weighted by atomic mass is 10.0. The summed E-state index contributed by atoms with van der Waals surface area (Å²) in [5.41, 5.74) is 8.46. The molecule has 2 aromatic carbocycles. The fourth-order valence-electron chi connectivity index (χ4n) is 2.08. The van der Waals surface area contributed by atoms with Crippen molar-refractivity contribution < 1.29 is 0 Å². The maximum absolute atomic E-state index is 4.56. The molecule has 0 unspecified atom stereocenters. The zero-order chi connectivity index (χ0) is 15.4. The molecule has 23 heavy (non-hydrogen) atoms. The Bertz CT molecular complexity index is 776. The summed E-state index contributed by atoms with van der Waals surface area (Å²) in [4.78, 5) is 4.56. The highest BCUT2D eigenvalue weighted by atomic mass is 79.9. The summed E-state index contributed by atoms with van der Waals surface area (Å²) >= 11 is 1.56. The molecule has 0 bridgehead atoms. The number of benzene rings is 2. The lowest BCUT2D eigenvalue weighted by Crippen LogP contribution is -1.92. The molecule has 0 saturated heterocycles. The van der Waals surface area contributed by atoms with Crippen LogP contribution in [-0.4, -0.2) is 10.7 Å². The first-order valence-electron chi connectivity index (χ1n) is 7.10. The van der Waals surface area contributed by atoms with Crippen molar-refractivity contribution in [2.45, 2.75) is 13.8 Å². The first-order chi connectivity index (χ1) is 10.7. The number of anilines is 1. The number of aromatic nitrogens is 1. The first kappa shape index (κ1) is 17.4. The normalized spacial score (nSPS) is 9.83. The molecule has 118 valence electrons. The van der Waals surface area contributed by atoms with E-state index in [2.05, 4.69) is 64.0 Å². The highest BCUT2D eigenvalue weighted by molar-refractivity contribution is 8.93. The van der Waals surface area contributed by atoms with Crippen molar-refractivity contribution in [2.24, 2.45) is 5.10 Å². The van der Waals surface area contributed by atoms with Crippen LogP contribution in [0.25, 0.3) is 22.4 Å². The average Bonchev–Trinajstić information content (AvgIpc) is 3.03. The molecule has 5 heteroatoms. The van der Waals surface area contributed by atoms with Gasteiger partial charge in [-0.2, -0.15) is 5.10 Å². The quantitative estimate of drug-likeness (QED) is 0.449. The van der Waals surface area contributed by atoms with Crippen LogP contribution in [0.1, 0.15) is 13.8 Å². The van der Waals surface area contributed by atoms with Gasteiger partial charge in [0.05, 0.1) is 5.69 Å². The number of hydrazone groups is 1. The van der Waals surface area contributed by atoms with Crippen LogP contribution >= 0.6 is 28.3 Å². The molecule has 0 amide bonds. The summed E-state index contributed by atoms with van der Waals surface area (Å²) in [5.74, 6) is 0. The van der Waals surface area contributed by atoms with Crippen molar-refractivity contribution in [1.82, 2.24) is 4.98 Å². The van der Waals surface area contributed by atoms with E-state index in [1.807, 2.05) is 25.3 Å². The van der Waals surface area contributed by atoms with Gasteiger partial charge in [-0.25, -0.2) is 4.98 Å². The molecule has 0 aliphatic rings. The molecule has 1 aromatic heterocycles. The summed E-state index contributed by atoms with van der Waals surface area (Å²) in [7, 11) is 0. The lowest BCUT2D eigenvalue weighted by Gasteiger charge is -2.02. The van der Waals surface area contributed by atoms with Crippen molar-refractivity contribution in [3.63, 3.8) is 0 Å². The summed E-state index contributed by atoms with van der Waals surface area (Å²) in [6, 6.07) is 18.8. The van der Waals surface area contributed by atoms with Gasteiger partial charge >= 0.3 is 0 Å². The van der Waals surface area contributed by atoms with Crippen molar-refractivity contribution >= 4 is 39.2 Å². The third kappa shape index (κ3) is 4.50. The fourth-order valence-corrected chi connectivity index (χ4v) is 2.74. The summed E-state index contributed by atoms with van der Waals surface area (Å²) < 4.78 is 0. The molecule has 1 heterocycles. The topological polar surface area (TPSA) is 37.3 Å². The molecule has 0 atom stereocenters. The minimum Gasteiger partial charge on any atom is -0.253 e. The Kier molecular flexibility index (Phi) is 6.07. The number of nitrogens with one attached hydrogen (secondary N) is 1. The first-order valence-corrected chi connectivity index (χ1v) is 7.98. The van der Waals surface area contributed by atoms with Gasteiger partial charge in [-0.15, -0.1) is 28.3 Å². The van der Waals surface area contributed by atoms with Crippen LogP contribution in [-0.2, 0) is 0 Å². The van der Waals surface area contributed by atoms with Gasteiger partial charge in [0.15, 0.2) is 0 Å². The summed E-state index contributed by atoms with van der Waals surface area (Å²) in [6.45, 7) is 3.90. The van der Waals surface area contributed by atoms with Gasteiger partial charge in [0, 0.05) is 16.7 Å². The van der Waals surface area contributed by atoms with Crippen LogP contribution in [0.2, 0.25) is 0 Å². The Morgan fingerprint density at radius 1 is 0.913 bits per heavy atom. The maximum atomic E-state index is 4.56. The van der Waals surface area contributed by atoms with E-state index in [-0.39, 0.29) is 17.0 Å². The zero-order valence-electron chi connectivity index (χ0n) is 13.0. The van der Waals surface area contributed by atoms with Gasteiger partial charge in [0.25, 0.3) is 0 Å². The molecule has 1 N–H and O–H groups in total. The van der Waals surface area contributed by atoms with Crippen LogP contribution in [0, 0.1) is 0 Å². The molecule has 0 aliphatic carbocycles. The second kappa shape index (κ2) is 8.04. The third-order valence-corrected chi connectivity index (χ3v) is 3.91. The van der Waals surface area contributed by atoms with Gasteiger partial charge in [0.2, 0.25) is 5.13 Å². The van der Waals surface area contributed by atoms with Gasteiger partial charge in [-0.1, -0.05) is 54.6 Å². The highest BCUT2D eigenvalue weighted by Gasteiger charge is 2.04. The average molecular weight is 388 g/mol. The molecule has 0 aliphatic heterocycles. The van der Waals surface area contributed by atoms with Gasteiger partial charge in [0.1, 0.15) is 0 Å². The van der Waals surface area contributed by atoms with Crippen molar-refractivity contribution in [2.75, 3.05) is 5.43 Å². The van der Waals surface area contributed by atoms with E-state index in [0.717, 1.165) is 22.1 Å². The Labute approximate surface area is 150 Å². The molecular formula is C18H18BrN3S. The lowest BCUT2D eigenvalue weighted by molar-refractivity contribution is 1.27. The number of nitrogens with zero attached hydrogens (tertiary/aromatic N) is 2. The van der Waals surface area contributed by atoms with Crippen LogP contribution in [0.5, 0.6) is 0 Å². The molecule has 0 radical (unpaired) electrons. The standard InChI is InChI=1S/C18H17N3S.BrH/c1-13(2)20-21-18-19-17(12-22-18)16-10-8-15(9-11-16)14-6-4-3-5-7-14;/h3-12H,1-2H3,(H,19,21);1H. The van der Waals surface area contributed by atoms with E-state index in [1.165, 1.54) is 11.1 Å². The Balaban J connectivity index is 0.00000192. The van der Waals surface area contributed by atoms with Crippen LogP contribution < -0.4 is 5.43 Å². The van der Waals surface area contributed by atoms with Crippen LogP contribution in [0.3, 0.4) is 0 Å². The predicted molar refractivity (Wildman–Crippen MR) is 106 cm³/mol. The van der Waals surface area contributed by atoms with E-state index in [0.29, 0.717) is 0 Å². The molecule has 0 saturated carbocycles. The smallest absolute Gasteiger partial charge is 0.203 e. The molecule has 0 spiro atoms. The maximum Gasteiger partial charge on any atom is 0.203 e. The molecule has 3 aromatic rings. The van der Waals surface area contributed by atoms with E-state index in [9.17, 15) is 0 Å².